The molecule has 1 aromatic heterocycles. The third-order valence-electron chi connectivity index (χ3n) is 3.14. The van der Waals surface area contributed by atoms with E-state index in [1.165, 1.54) is 10.9 Å². The molecular weight excluding hydrogens is 259 g/mol. The molecule has 2 N–H and O–H groups in total. The second-order valence-corrected chi connectivity index (χ2v) is 5.57. The summed E-state index contributed by atoms with van der Waals surface area (Å²) in [6, 6.07) is 9.37. The molecule has 4 heteroatoms. The first kappa shape index (κ1) is 14.0. The number of thiophene rings is 1. The van der Waals surface area contributed by atoms with Crippen LogP contribution in [0.15, 0.2) is 35.7 Å². The predicted molar refractivity (Wildman–Crippen MR) is 80.5 cm³/mol. The largest absolute Gasteiger partial charge is 0.372 e. The molecule has 0 radical (unpaired) electrons. The van der Waals surface area contributed by atoms with Crippen molar-refractivity contribution >= 4 is 17.0 Å². The van der Waals surface area contributed by atoms with Crippen LogP contribution in [0.4, 0.5) is 10.1 Å². The Morgan fingerprint density at radius 2 is 2.05 bits per heavy atom. The molecule has 0 atom stereocenters. The van der Waals surface area contributed by atoms with Crippen molar-refractivity contribution < 1.29 is 4.39 Å². The zero-order chi connectivity index (χ0) is 13.7. The number of hydrogen-bond acceptors (Lipinski definition) is 3. The van der Waals surface area contributed by atoms with Gasteiger partial charge in [0.15, 0.2) is 0 Å². The van der Waals surface area contributed by atoms with Crippen LogP contribution in [0.1, 0.15) is 10.4 Å². The van der Waals surface area contributed by atoms with Gasteiger partial charge in [-0.25, -0.2) is 4.39 Å². The van der Waals surface area contributed by atoms with Gasteiger partial charge in [0.05, 0.1) is 5.69 Å². The summed E-state index contributed by atoms with van der Waals surface area (Å²) < 4.78 is 14.0. The average Bonchev–Trinajstić information content (AvgIpc) is 2.90. The molecule has 0 unspecified atom stereocenters. The first-order valence-corrected chi connectivity index (χ1v) is 7.31. The topological polar surface area (TPSA) is 29.3 Å². The molecule has 2 aromatic rings. The van der Waals surface area contributed by atoms with Crippen LogP contribution in [0.3, 0.4) is 0 Å². The quantitative estimate of drug-likeness (QED) is 0.880. The van der Waals surface area contributed by atoms with Crippen molar-refractivity contribution in [3.63, 3.8) is 0 Å². The Balaban J connectivity index is 2.11. The van der Waals surface area contributed by atoms with Crippen LogP contribution in [0, 0.1) is 5.82 Å². The molecule has 0 fully saturated rings. The number of nitrogens with two attached hydrogens (primary N) is 1. The molecule has 0 amide bonds. The Morgan fingerprint density at radius 3 is 2.74 bits per heavy atom. The second kappa shape index (κ2) is 6.68. The van der Waals surface area contributed by atoms with E-state index >= 15 is 0 Å². The third kappa shape index (κ3) is 3.55. The van der Waals surface area contributed by atoms with Gasteiger partial charge < -0.3 is 10.6 Å². The molecule has 0 aliphatic rings. The maximum Gasteiger partial charge on any atom is 0.146 e. The molecule has 102 valence electrons. The molecule has 0 aliphatic carbocycles. The SMILES string of the molecule is CN(CCc1cccs1)c1c(F)cccc1CCN. The van der Waals surface area contributed by atoms with Crippen molar-refractivity contribution in [3.05, 3.63) is 52.0 Å². The smallest absolute Gasteiger partial charge is 0.146 e. The van der Waals surface area contributed by atoms with Gasteiger partial charge in [-0.3, -0.25) is 0 Å². The van der Waals surface area contributed by atoms with Gasteiger partial charge in [-0.1, -0.05) is 18.2 Å². The number of para-hydroxylation sites is 1. The molecule has 19 heavy (non-hydrogen) atoms. The summed E-state index contributed by atoms with van der Waals surface area (Å²) in [5.41, 5.74) is 7.26. The minimum Gasteiger partial charge on any atom is -0.372 e. The maximum atomic E-state index is 14.0. The highest BCUT2D eigenvalue weighted by atomic mass is 32.1. The Bertz CT molecular complexity index is 511. The van der Waals surface area contributed by atoms with E-state index in [4.69, 9.17) is 5.73 Å². The summed E-state index contributed by atoms with van der Waals surface area (Å²) in [5.74, 6) is -0.167. The van der Waals surface area contributed by atoms with Gasteiger partial charge in [0, 0.05) is 18.5 Å². The summed E-state index contributed by atoms with van der Waals surface area (Å²) in [7, 11) is 1.94. The Kier molecular flexibility index (Phi) is 4.93. The lowest BCUT2D eigenvalue weighted by Crippen LogP contribution is -2.23. The van der Waals surface area contributed by atoms with E-state index in [-0.39, 0.29) is 5.82 Å². The van der Waals surface area contributed by atoms with Gasteiger partial charge in [-0.15, -0.1) is 11.3 Å². The molecule has 1 heterocycles. The molecular formula is C15H19FN2S. The lowest BCUT2D eigenvalue weighted by molar-refractivity contribution is 0.619. The first-order valence-electron chi connectivity index (χ1n) is 6.43. The first-order chi connectivity index (χ1) is 9.22. The van der Waals surface area contributed by atoms with Crippen molar-refractivity contribution in [1.29, 1.82) is 0 Å². The van der Waals surface area contributed by atoms with Crippen LogP contribution in [0.25, 0.3) is 0 Å². The molecule has 0 bridgehead atoms. The molecule has 0 saturated carbocycles. The molecule has 0 spiro atoms. The monoisotopic (exact) mass is 278 g/mol. The van der Waals surface area contributed by atoms with E-state index in [1.807, 2.05) is 24.1 Å². The highest BCUT2D eigenvalue weighted by Gasteiger charge is 2.12. The zero-order valence-electron chi connectivity index (χ0n) is 11.1. The third-order valence-corrected chi connectivity index (χ3v) is 4.08. The fraction of sp³-hybridized carbons (Fsp3) is 0.333. The molecule has 2 rings (SSSR count). The van der Waals surface area contributed by atoms with E-state index in [1.54, 1.807) is 17.4 Å². The summed E-state index contributed by atoms with van der Waals surface area (Å²) in [5, 5.41) is 2.07. The molecule has 0 aliphatic heterocycles. The minimum absolute atomic E-state index is 0.167. The predicted octanol–water partition coefficient (Wildman–Crippen LogP) is 3.07. The zero-order valence-corrected chi connectivity index (χ0v) is 11.9. The highest BCUT2D eigenvalue weighted by molar-refractivity contribution is 7.09. The van der Waals surface area contributed by atoms with Crippen molar-refractivity contribution in [3.8, 4) is 0 Å². The van der Waals surface area contributed by atoms with Gasteiger partial charge >= 0.3 is 0 Å². The number of hydrogen-bond donors (Lipinski definition) is 1. The van der Waals surface area contributed by atoms with E-state index in [2.05, 4.69) is 11.4 Å². The number of halogens is 1. The maximum absolute atomic E-state index is 14.0. The second-order valence-electron chi connectivity index (χ2n) is 4.54. The number of rotatable bonds is 6. The van der Waals surface area contributed by atoms with Crippen molar-refractivity contribution in [2.75, 3.05) is 25.0 Å². The van der Waals surface area contributed by atoms with Crippen LogP contribution in [-0.2, 0) is 12.8 Å². The fourth-order valence-corrected chi connectivity index (χ4v) is 2.89. The van der Waals surface area contributed by atoms with E-state index < -0.39 is 0 Å². The van der Waals surface area contributed by atoms with Crippen LogP contribution >= 0.6 is 11.3 Å². The van der Waals surface area contributed by atoms with E-state index in [0.717, 1.165) is 18.5 Å². The van der Waals surface area contributed by atoms with Crippen LogP contribution in [0.5, 0.6) is 0 Å². The lowest BCUT2D eigenvalue weighted by Gasteiger charge is -2.22. The number of benzene rings is 1. The van der Waals surface area contributed by atoms with Gasteiger partial charge in [-0.2, -0.15) is 0 Å². The molecule has 1 aromatic carbocycles. The number of likely N-dealkylation sites (N-methyl/N-ethyl adjacent to an activating group) is 1. The Morgan fingerprint density at radius 1 is 1.21 bits per heavy atom. The van der Waals surface area contributed by atoms with Crippen molar-refractivity contribution in [2.24, 2.45) is 5.73 Å². The van der Waals surface area contributed by atoms with Gasteiger partial charge in [-0.05, 0) is 42.5 Å². The summed E-state index contributed by atoms with van der Waals surface area (Å²) >= 11 is 1.74. The standard InChI is InChI=1S/C15H19FN2S/c1-18(10-8-13-5-3-11-19-13)15-12(7-9-17)4-2-6-14(15)16/h2-6,11H,7-10,17H2,1H3. The van der Waals surface area contributed by atoms with Crippen LogP contribution < -0.4 is 10.6 Å². The molecule has 2 nitrogen and oxygen atoms in total. The summed E-state index contributed by atoms with van der Waals surface area (Å²) in [4.78, 5) is 3.31. The van der Waals surface area contributed by atoms with E-state index in [9.17, 15) is 4.39 Å². The average molecular weight is 278 g/mol. The molecule has 0 saturated heterocycles. The normalized spacial score (nSPS) is 10.7. The highest BCUT2D eigenvalue weighted by Crippen LogP contribution is 2.24. The lowest BCUT2D eigenvalue weighted by atomic mass is 10.1. The Hall–Kier alpha value is -1.39. The minimum atomic E-state index is -0.167. The van der Waals surface area contributed by atoms with Crippen molar-refractivity contribution in [2.45, 2.75) is 12.8 Å². The number of anilines is 1. The van der Waals surface area contributed by atoms with Crippen LogP contribution in [0.2, 0.25) is 0 Å². The summed E-state index contributed by atoms with van der Waals surface area (Å²) in [6.07, 6.45) is 1.64. The van der Waals surface area contributed by atoms with Gasteiger partial charge in [0.1, 0.15) is 5.82 Å². The van der Waals surface area contributed by atoms with Gasteiger partial charge in [0.25, 0.3) is 0 Å². The Labute approximate surface area is 117 Å². The fourth-order valence-electron chi connectivity index (χ4n) is 2.19. The van der Waals surface area contributed by atoms with Crippen molar-refractivity contribution in [1.82, 2.24) is 0 Å². The number of nitrogens with zero attached hydrogens (tertiary/aromatic N) is 1. The van der Waals surface area contributed by atoms with Crippen LogP contribution in [-0.4, -0.2) is 20.1 Å². The van der Waals surface area contributed by atoms with E-state index in [0.29, 0.717) is 18.7 Å². The summed E-state index contributed by atoms with van der Waals surface area (Å²) in [6.45, 7) is 1.34. The van der Waals surface area contributed by atoms with Gasteiger partial charge in [0.2, 0.25) is 0 Å².